The van der Waals surface area contributed by atoms with Gasteiger partial charge < -0.3 is 10.2 Å². The Morgan fingerprint density at radius 1 is 1.32 bits per heavy atom. The average Bonchev–Trinajstić information content (AvgIpc) is 3.20. The van der Waals surface area contributed by atoms with E-state index in [1.807, 2.05) is 42.3 Å². The number of halogens is 1. The first-order chi connectivity index (χ1) is 16.5. The number of hydrogen-bond acceptors (Lipinski definition) is 7. The molecule has 5 heterocycles. The van der Waals surface area contributed by atoms with E-state index in [4.69, 9.17) is 21.7 Å². The molecule has 0 amide bonds. The van der Waals surface area contributed by atoms with Crippen molar-refractivity contribution < 1.29 is 4.79 Å². The molecule has 1 aliphatic carbocycles. The maximum atomic E-state index is 13.5. The van der Waals surface area contributed by atoms with Crippen LogP contribution in [-0.4, -0.2) is 47.6 Å². The molecule has 1 atom stereocenters. The molecule has 1 aliphatic heterocycles. The fourth-order valence-electron chi connectivity index (χ4n) is 4.72. The summed E-state index contributed by atoms with van der Waals surface area (Å²) in [7, 11) is 0. The van der Waals surface area contributed by atoms with Gasteiger partial charge in [-0.3, -0.25) is 9.89 Å². The summed E-state index contributed by atoms with van der Waals surface area (Å²) in [5.74, 6) is 2.61. The number of fused-ring (bicyclic) bond motifs is 1. The largest absolute Gasteiger partial charge is 0.327 e. The van der Waals surface area contributed by atoms with E-state index in [1.54, 1.807) is 16.8 Å². The summed E-state index contributed by atoms with van der Waals surface area (Å²) >= 11 is 5.90. The van der Waals surface area contributed by atoms with Gasteiger partial charge in [0.2, 0.25) is 5.95 Å². The minimum atomic E-state index is -0.705. The summed E-state index contributed by atoms with van der Waals surface area (Å²) in [5, 5.41) is 16.0. The van der Waals surface area contributed by atoms with E-state index >= 15 is 0 Å². The molecule has 34 heavy (non-hydrogen) atoms. The van der Waals surface area contributed by atoms with Crippen LogP contribution in [0.2, 0.25) is 5.15 Å². The van der Waals surface area contributed by atoms with Crippen LogP contribution in [0.4, 0.5) is 17.6 Å². The zero-order chi connectivity index (χ0) is 23.3. The average molecular weight is 477 g/mol. The summed E-state index contributed by atoms with van der Waals surface area (Å²) in [4.78, 5) is 24.5. The van der Waals surface area contributed by atoms with E-state index in [9.17, 15) is 4.79 Å². The molecule has 0 aromatic carbocycles. The Morgan fingerprint density at radius 3 is 3.00 bits per heavy atom. The highest BCUT2D eigenvalue weighted by atomic mass is 35.5. The second-order valence-electron chi connectivity index (χ2n) is 9.32. The molecule has 0 bridgehead atoms. The van der Waals surface area contributed by atoms with Crippen LogP contribution in [0.3, 0.4) is 0 Å². The Kier molecular flexibility index (Phi) is 5.02. The fourth-order valence-corrected chi connectivity index (χ4v) is 4.83. The van der Waals surface area contributed by atoms with Crippen molar-refractivity contribution in [3.8, 4) is 0 Å². The summed E-state index contributed by atoms with van der Waals surface area (Å²) < 4.78 is 1.80. The van der Waals surface area contributed by atoms with Crippen molar-refractivity contribution in [2.75, 3.05) is 16.8 Å². The van der Waals surface area contributed by atoms with Gasteiger partial charge >= 0.3 is 0 Å². The number of carbonyl (C=O) groups excluding carboxylic acids is 1. The number of Topliss-reactive ketones (excluding diaryl/α,β-unsaturated/α-hetero) is 1. The van der Waals surface area contributed by atoms with E-state index < -0.39 is 5.54 Å². The van der Waals surface area contributed by atoms with Gasteiger partial charge in [-0.2, -0.15) is 10.1 Å². The maximum Gasteiger partial charge on any atom is 0.246 e. The number of aromatic amines is 1. The molecular weight excluding hydrogens is 452 g/mol. The van der Waals surface area contributed by atoms with Gasteiger partial charge in [0.1, 0.15) is 10.7 Å². The van der Waals surface area contributed by atoms with E-state index in [1.165, 1.54) is 12.8 Å². The number of nitrogens with zero attached hydrogens (tertiary/aromatic N) is 6. The molecule has 1 saturated carbocycles. The van der Waals surface area contributed by atoms with Crippen LogP contribution in [0.15, 0.2) is 42.7 Å². The minimum absolute atomic E-state index is 0.112. The third-order valence-corrected chi connectivity index (χ3v) is 7.10. The lowest BCUT2D eigenvalue weighted by Crippen LogP contribution is -2.49. The molecule has 2 aliphatic rings. The number of hydrogen-bond donors (Lipinski definition) is 2. The number of ketones is 1. The summed E-state index contributed by atoms with van der Waals surface area (Å²) in [6.45, 7) is 2.69. The molecule has 9 nitrogen and oxygen atoms in total. The minimum Gasteiger partial charge on any atom is -0.327 e. The van der Waals surface area contributed by atoms with Crippen LogP contribution in [0.5, 0.6) is 0 Å². The lowest BCUT2D eigenvalue weighted by molar-refractivity contribution is -0.122. The Labute approximate surface area is 201 Å². The van der Waals surface area contributed by atoms with Crippen molar-refractivity contribution in [2.24, 2.45) is 0 Å². The zero-order valence-corrected chi connectivity index (χ0v) is 19.6. The molecule has 174 valence electrons. The number of rotatable bonds is 7. The molecule has 4 aromatic rings. The number of nitrogens with one attached hydrogen (secondary N) is 2. The molecule has 0 spiro atoms. The van der Waals surface area contributed by atoms with Crippen LogP contribution < -0.4 is 10.2 Å². The lowest BCUT2D eigenvalue weighted by Gasteiger charge is -2.34. The molecule has 6 rings (SSSR count). The predicted molar refractivity (Wildman–Crippen MR) is 130 cm³/mol. The number of aromatic nitrogens is 6. The second-order valence-corrected chi connectivity index (χ2v) is 9.71. The van der Waals surface area contributed by atoms with Gasteiger partial charge in [0, 0.05) is 43.0 Å². The van der Waals surface area contributed by atoms with Crippen LogP contribution in [0.25, 0.3) is 5.52 Å². The first kappa shape index (κ1) is 21.1. The predicted octanol–water partition coefficient (Wildman–Crippen LogP) is 4.29. The molecule has 0 radical (unpaired) electrons. The van der Waals surface area contributed by atoms with Crippen LogP contribution in [0, 0.1) is 0 Å². The molecule has 0 unspecified atom stereocenters. The summed E-state index contributed by atoms with van der Waals surface area (Å²) in [6.07, 6.45) is 7.87. The van der Waals surface area contributed by atoms with Gasteiger partial charge in [-0.1, -0.05) is 17.7 Å². The van der Waals surface area contributed by atoms with Crippen molar-refractivity contribution in [1.82, 2.24) is 29.8 Å². The highest BCUT2D eigenvalue weighted by Crippen LogP contribution is 2.40. The number of pyridine rings is 1. The topological polar surface area (TPSA) is 104 Å². The third-order valence-electron chi connectivity index (χ3n) is 6.88. The SMILES string of the molecule is C[C@@]1(C(=O)Cc2ccc(Cl)nc2)CCCN1c1nc(Nc2cc(C3CC3)[nH]n2)c2cccn2n1. The van der Waals surface area contributed by atoms with Crippen molar-refractivity contribution in [1.29, 1.82) is 0 Å². The van der Waals surface area contributed by atoms with Gasteiger partial charge in [0.25, 0.3) is 0 Å². The molecule has 2 N–H and O–H groups in total. The first-order valence-corrected chi connectivity index (χ1v) is 12.0. The zero-order valence-electron chi connectivity index (χ0n) is 18.8. The third kappa shape index (κ3) is 3.79. The van der Waals surface area contributed by atoms with Crippen molar-refractivity contribution >= 4 is 40.5 Å². The molecular formula is C24H25ClN8O. The smallest absolute Gasteiger partial charge is 0.246 e. The highest BCUT2D eigenvalue weighted by molar-refractivity contribution is 6.29. The van der Waals surface area contributed by atoms with E-state index in [0.29, 0.717) is 29.4 Å². The molecule has 1 saturated heterocycles. The normalized spacial score (nSPS) is 20.2. The monoisotopic (exact) mass is 476 g/mol. The van der Waals surface area contributed by atoms with Gasteiger partial charge in [0.15, 0.2) is 17.4 Å². The van der Waals surface area contributed by atoms with Crippen molar-refractivity contribution in [2.45, 2.75) is 50.5 Å². The highest BCUT2D eigenvalue weighted by Gasteiger charge is 2.44. The van der Waals surface area contributed by atoms with Gasteiger partial charge in [-0.25, -0.2) is 9.50 Å². The van der Waals surface area contributed by atoms with E-state index in [0.717, 1.165) is 35.4 Å². The molecule has 4 aromatic heterocycles. The van der Waals surface area contributed by atoms with Crippen molar-refractivity contribution in [3.63, 3.8) is 0 Å². The van der Waals surface area contributed by atoms with Gasteiger partial charge in [-0.15, -0.1) is 5.10 Å². The fraction of sp³-hybridized carbons (Fsp3) is 0.375. The van der Waals surface area contributed by atoms with E-state index in [2.05, 4.69) is 20.5 Å². The second kappa shape index (κ2) is 8.09. The van der Waals surface area contributed by atoms with Gasteiger partial charge in [-0.05, 0) is 56.4 Å². The summed E-state index contributed by atoms with van der Waals surface area (Å²) in [6, 6.07) is 9.50. The van der Waals surface area contributed by atoms with Crippen LogP contribution in [-0.2, 0) is 11.2 Å². The summed E-state index contributed by atoms with van der Waals surface area (Å²) in [5.41, 5.74) is 2.14. The Bertz CT molecular complexity index is 1360. The number of anilines is 3. The quantitative estimate of drug-likeness (QED) is 0.383. The number of carbonyl (C=O) groups is 1. The van der Waals surface area contributed by atoms with E-state index in [-0.39, 0.29) is 12.2 Å². The maximum absolute atomic E-state index is 13.5. The Hall–Kier alpha value is -3.46. The first-order valence-electron chi connectivity index (χ1n) is 11.6. The standard InChI is InChI=1S/C24H25ClN8O/c1-24(19(34)12-15-5-8-20(25)26-14-15)9-3-10-32(24)23-28-22(18-4-2-11-33(18)31-23)27-21-13-17(29-30-21)16-6-7-16/h2,4-5,8,11,13-14,16H,3,6-7,9-10,12H2,1H3,(H2,27,28,29,30,31)/t24-/m0/s1. The molecule has 10 heteroatoms. The number of H-pyrrole nitrogens is 1. The lowest BCUT2D eigenvalue weighted by atomic mass is 9.89. The Balaban J connectivity index is 1.31. The van der Waals surface area contributed by atoms with Crippen LogP contribution >= 0.6 is 11.6 Å². The van der Waals surface area contributed by atoms with Crippen molar-refractivity contribution in [3.05, 3.63) is 59.1 Å². The molecule has 2 fully saturated rings. The van der Waals surface area contributed by atoms with Crippen LogP contribution in [0.1, 0.15) is 49.8 Å². The van der Waals surface area contributed by atoms with Gasteiger partial charge in [0.05, 0.1) is 5.54 Å². The Morgan fingerprint density at radius 2 is 2.21 bits per heavy atom.